The number of benzene rings is 1. The molecule has 0 aliphatic heterocycles. The summed E-state index contributed by atoms with van der Waals surface area (Å²) >= 11 is 0. The summed E-state index contributed by atoms with van der Waals surface area (Å²) in [5, 5.41) is 0. The number of nitrogens with two attached hydrogens (primary N) is 1. The molecule has 1 aromatic rings. The van der Waals surface area contributed by atoms with Gasteiger partial charge in [-0.3, -0.25) is 0 Å². The minimum absolute atomic E-state index is 0.0949. The van der Waals surface area contributed by atoms with Crippen molar-refractivity contribution in [1.29, 1.82) is 0 Å². The van der Waals surface area contributed by atoms with Crippen molar-refractivity contribution in [3.63, 3.8) is 0 Å². The highest BCUT2D eigenvalue weighted by Crippen LogP contribution is 2.32. The van der Waals surface area contributed by atoms with Gasteiger partial charge in [-0.2, -0.15) is 0 Å². The van der Waals surface area contributed by atoms with E-state index in [1.54, 1.807) is 12.1 Å². The summed E-state index contributed by atoms with van der Waals surface area (Å²) in [6.45, 7) is 4.20. The lowest BCUT2D eigenvalue weighted by Gasteiger charge is -2.33. The molecule has 0 saturated heterocycles. The first kappa shape index (κ1) is 15.5. The molecule has 2 nitrogen and oxygen atoms in total. The Balaban J connectivity index is 2.04. The second kappa shape index (κ2) is 7.19. The molecule has 2 rings (SSSR count). The van der Waals surface area contributed by atoms with Crippen LogP contribution in [0.25, 0.3) is 0 Å². The summed E-state index contributed by atoms with van der Waals surface area (Å²) in [5.74, 6) is 0.552. The Hall–Kier alpha value is -0.930. The molecule has 20 heavy (non-hydrogen) atoms. The maximum absolute atomic E-state index is 13.0. The van der Waals surface area contributed by atoms with Gasteiger partial charge in [0.05, 0.1) is 12.2 Å². The van der Waals surface area contributed by atoms with Gasteiger partial charge in [0.15, 0.2) is 0 Å². The van der Waals surface area contributed by atoms with Gasteiger partial charge in [0, 0.05) is 6.04 Å². The Morgan fingerprint density at radius 1 is 1.30 bits per heavy atom. The Labute approximate surface area is 121 Å². The Morgan fingerprint density at radius 2 is 2.00 bits per heavy atom. The van der Waals surface area contributed by atoms with E-state index in [1.165, 1.54) is 31.4 Å². The first-order valence-corrected chi connectivity index (χ1v) is 7.76. The van der Waals surface area contributed by atoms with Gasteiger partial charge in [-0.05, 0) is 43.4 Å². The summed E-state index contributed by atoms with van der Waals surface area (Å²) in [7, 11) is 0. The van der Waals surface area contributed by atoms with Gasteiger partial charge < -0.3 is 10.5 Å². The highest BCUT2D eigenvalue weighted by atomic mass is 19.1. The number of rotatable bonds is 5. The van der Waals surface area contributed by atoms with Gasteiger partial charge in [0.2, 0.25) is 0 Å². The maximum atomic E-state index is 13.0. The van der Waals surface area contributed by atoms with Crippen molar-refractivity contribution < 1.29 is 9.13 Å². The molecule has 0 spiro atoms. The molecule has 0 radical (unpaired) electrons. The second-order valence-corrected chi connectivity index (χ2v) is 6.03. The first-order valence-electron chi connectivity index (χ1n) is 7.76. The van der Waals surface area contributed by atoms with Crippen LogP contribution < -0.4 is 5.73 Å². The molecule has 3 heteroatoms. The van der Waals surface area contributed by atoms with Crippen molar-refractivity contribution in [1.82, 2.24) is 0 Å². The topological polar surface area (TPSA) is 35.2 Å². The van der Waals surface area contributed by atoms with Crippen molar-refractivity contribution >= 4 is 0 Å². The molecule has 1 saturated carbocycles. The third kappa shape index (κ3) is 4.03. The summed E-state index contributed by atoms with van der Waals surface area (Å²) in [6.07, 6.45) is 6.15. The van der Waals surface area contributed by atoms with Gasteiger partial charge in [0.25, 0.3) is 0 Å². The lowest BCUT2D eigenvalue weighted by molar-refractivity contribution is -0.0508. The van der Waals surface area contributed by atoms with Crippen LogP contribution in [0.1, 0.15) is 57.6 Å². The second-order valence-electron chi connectivity index (χ2n) is 6.03. The highest BCUT2D eigenvalue weighted by molar-refractivity contribution is 5.20. The molecule has 4 atom stereocenters. The van der Waals surface area contributed by atoms with Crippen LogP contribution >= 0.6 is 0 Å². The van der Waals surface area contributed by atoms with E-state index in [2.05, 4.69) is 6.92 Å². The monoisotopic (exact) mass is 279 g/mol. The van der Waals surface area contributed by atoms with E-state index in [0.717, 1.165) is 24.3 Å². The smallest absolute Gasteiger partial charge is 0.123 e. The normalized spacial score (nSPS) is 26.2. The molecule has 1 aliphatic rings. The summed E-state index contributed by atoms with van der Waals surface area (Å²) in [4.78, 5) is 0. The summed E-state index contributed by atoms with van der Waals surface area (Å²) in [5.41, 5.74) is 7.04. The van der Waals surface area contributed by atoms with Crippen LogP contribution in [0.3, 0.4) is 0 Å². The van der Waals surface area contributed by atoms with E-state index in [0.29, 0.717) is 0 Å². The largest absolute Gasteiger partial charge is 0.369 e. The fourth-order valence-electron chi connectivity index (χ4n) is 3.10. The van der Waals surface area contributed by atoms with Crippen LogP contribution in [0.4, 0.5) is 4.39 Å². The van der Waals surface area contributed by atoms with Crippen molar-refractivity contribution in [2.45, 2.75) is 64.2 Å². The van der Waals surface area contributed by atoms with E-state index in [-0.39, 0.29) is 24.1 Å². The molecule has 2 N–H and O–H groups in total. The van der Waals surface area contributed by atoms with Crippen molar-refractivity contribution in [2.75, 3.05) is 0 Å². The zero-order valence-corrected chi connectivity index (χ0v) is 12.5. The molecule has 0 heterocycles. The van der Waals surface area contributed by atoms with Gasteiger partial charge in [-0.1, -0.05) is 38.3 Å². The highest BCUT2D eigenvalue weighted by Gasteiger charge is 2.26. The van der Waals surface area contributed by atoms with E-state index in [1.807, 2.05) is 6.92 Å². The lowest BCUT2D eigenvalue weighted by atomic mass is 9.85. The third-order valence-corrected chi connectivity index (χ3v) is 4.33. The average molecular weight is 279 g/mol. The van der Waals surface area contributed by atoms with E-state index in [4.69, 9.17) is 10.5 Å². The number of ether oxygens (including phenoxy) is 1. The van der Waals surface area contributed by atoms with Crippen LogP contribution in [-0.4, -0.2) is 12.1 Å². The van der Waals surface area contributed by atoms with Gasteiger partial charge >= 0.3 is 0 Å². The molecular weight excluding hydrogens is 253 g/mol. The zero-order valence-electron chi connectivity index (χ0n) is 12.5. The Morgan fingerprint density at radius 3 is 2.60 bits per heavy atom. The van der Waals surface area contributed by atoms with Crippen molar-refractivity contribution in [2.24, 2.45) is 11.7 Å². The molecule has 0 bridgehead atoms. The zero-order chi connectivity index (χ0) is 14.5. The predicted octanol–water partition coefficient (Wildman–Crippen LogP) is 4.20. The van der Waals surface area contributed by atoms with Gasteiger partial charge in [-0.15, -0.1) is 0 Å². The molecule has 0 aromatic heterocycles. The standard InChI is InChI=1S/C17H26FNO/c1-3-13-5-4-6-16(11-13)20-17(12(2)19)14-7-9-15(18)10-8-14/h7-10,12-13,16-17H,3-6,11,19H2,1-2H3. The van der Waals surface area contributed by atoms with E-state index in [9.17, 15) is 4.39 Å². The number of halogens is 1. The molecule has 0 amide bonds. The summed E-state index contributed by atoms with van der Waals surface area (Å²) < 4.78 is 19.3. The lowest BCUT2D eigenvalue weighted by Crippen LogP contribution is -2.32. The van der Waals surface area contributed by atoms with Gasteiger partial charge in [-0.25, -0.2) is 4.39 Å². The molecule has 1 aliphatic carbocycles. The Kier molecular flexibility index (Phi) is 5.55. The minimum atomic E-state index is -0.221. The molecule has 1 fully saturated rings. The van der Waals surface area contributed by atoms with Crippen LogP contribution in [0.15, 0.2) is 24.3 Å². The van der Waals surface area contributed by atoms with E-state index < -0.39 is 0 Å². The van der Waals surface area contributed by atoms with Gasteiger partial charge in [0.1, 0.15) is 5.82 Å². The van der Waals surface area contributed by atoms with Crippen molar-refractivity contribution in [3.05, 3.63) is 35.6 Å². The minimum Gasteiger partial charge on any atom is -0.369 e. The molecule has 1 aromatic carbocycles. The fourth-order valence-corrected chi connectivity index (χ4v) is 3.10. The van der Waals surface area contributed by atoms with Crippen molar-refractivity contribution in [3.8, 4) is 0 Å². The van der Waals surface area contributed by atoms with Crippen LogP contribution in [0.2, 0.25) is 0 Å². The molecule has 112 valence electrons. The third-order valence-electron chi connectivity index (χ3n) is 4.33. The Bertz CT molecular complexity index is 404. The maximum Gasteiger partial charge on any atom is 0.123 e. The molecular formula is C17H26FNO. The quantitative estimate of drug-likeness (QED) is 0.876. The van der Waals surface area contributed by atoms with Crippen LogP contribution in [0.5, 0.6) is 0 Å². The number of hydrogen-bond donors (Lipinski definition) is 1. The predicted molar refractivity (Wildman–Crippen MR) is 79.9 cm³/mol. The van der Waals surface area contributed by atoms with E-state index >= 15 is 0 Å². The number of hydrogen-bond acceptors (Lipinski definition) is 2. The SMILES string of the molecule is CCC1CCCC(OC(c2ccc(F)cc2)C(C)N)C1. The summed E-state index contributed by atoms with van der Waals surface area (Å²) in [6, 6.07) is 6.42. The fraction of sp³-hybridized carbons (Fsp3) is 0.647. The first-order chi connectivity index (χ1) is 9.60. The molecule has 4 unspecified atom stereocenters. The van der Waals surface area contributed by atoms with Crippen LogP contribution in [-0.2, 0) is 4.74 Å². The van der Waals surface area contributed by atoms with Crippen LogP contribution in [0, 0.1) is 11.7 Å². The average Bonchev–Trinajstić information content (AvgIpc) is 2.46.